The lowest BCUT2D eigenvalue weighted by atomic mass is 10.2. The topological polar surface area (TPSA) is 34.1 Å². The number of hydrogen-bond donors (Lipinski definition) is 1. The Morgan fingerprint density at radius 1 is 1.11 bits per heavy atom. The molecule has 0 atom stereocenters. The lowest BCUT2D eigenvalue weighted by Crippen LogP contribution is -2.03. The van der Waals surface area contributed by atoms with Crippen LogP contribution in [0.1, 0.15) is 5.56 Å². The third kappa shape index (κ3) is 4.17. The highest BCUT2D eigenvalue weighted by Crippen LogP contribution is 2.15. The maximum Gasteiger partial charge on any atom is 0.387 e. The summed E-state index contributed by atoms with van der Waals surface area (Å²) >= 11 is 0. The van der Waals surface area contributed by atoms with Crippen LogP contribution in [-0.4, -0.2) is 11.6 Å². The van der Waals surface area contributed by atoms with Crippen LogP contribution in [0.5, 0.6) is 5.75 Å². The quantitative estimate of drug-likeness (QED) is 0.843. The molecule has 0 amide bonds. The van der Waals surface area contributed by atoms with Gasteiger partial charge in [-0.3, -0.25) is 0 Å². The van der Waals surface area contributed by atoms with Crippen molar-refractivity contribution in [3.63, 3.8) is 0 Å². The molecule has 0 saturated heterocycles. The molecule has 0 aliphatic heterocycles. The molecule has 2 aromatic rings. The van der Waals surface area contributed by atoms with Gasteiger partial charge in [0.15, 0.2) is 0 Å². The highest BCUT2D eigenvalue weighted by atomic mass is 19.3. The monoisotopic (exact) mass is 268 g/mol. The zero-order valence-corrected chi connectivity index (χ0v) is 9.82. The molecule has 1 heterocycles. The van der Waals surface area contributed by atoms with Gasteiger partial charge in [0, 0.05) is 6.54 Å². The number of halogens is 3. The second-order valence-electron chi connectivity index (χ2n) is 3.72. The number of benzene rings is 1. The zero-order valence-electron chi connectivity index (χ0n) is 9.82. The number of rotatable bonds is 5. The third-order valence-corrected chi connectivity index (χ3v) is 2.34. The number of aromatic nitrogens is 1. The number of ether oxygens (including phenoxy) is 1. The summed E-state index contributed by atoms with van der Waals surface area (Å²) in [7, 11) is 0. The average Bonchev–Trinajstić information content (AvgIpc) is 2.37. The number of nitrogens with one attached hydrogen (secondary N) is 1. The molecule has 0 fully saturated rings. The SMILES string of the molecule is Fc1cccc(NCc2ccc(OC(F)F)cc2)n1. The van der Waals surface area contributed by atoms with Crippen LogP contribution in [0.4, 0.5) is 19.0 Å². The van der Waals surface area contributed by atoms with Crippen molar-refractivity contribution in [2.24, 2.45) is 0 Å². The third-order valence-electron chi connectivity index (χ3n) is 2.34. The minimum Gasteiger partial charge on any atom is -0.435 e. The summed E-state index contributed by atoms with van der Waals surface area (Å²) in [5.74, 6) is -0.0544. The van der Waals surface area contributed by atoms with E-state index in [1.54, 1.807) is 24.3 Å². The Hall–Kier alpha value is -2.24. The van der Waals surface area contributed by atoms with Crippen LogP contribution in [0.25, 0.3) is 0 Å². The van der Waals surface area contributed by atoms with E-state index in [9.17, 15) is 13.2 Å². The summed E-state index contributed by atoms with van der Waals surface area (Å²) in [6.07, 6.45) is 0. The highest BCUT2D eigenvalue weighted by Gasteiger charge is 2.03. The highest BCUT2D eigenvalue weighted by molar-refractivity contribution is 5.36. The number of nitrogens with zero attached hydrogens (tertiary/aromatic N) is 1. The van der Waals surface area contributed by atoms with E-state index >= 15 is 0 Å². The maximum atomic E-state index is 12.8. The summed E-state index contributed by atoms with van der Waals surface area (Å²) in [4.78, 5) is 3.64. The van der Waals surface area contributed by atoms with Gasteiger partial charge in [0.1, 0.15) is 11.6 Å². The van der Waals surface area contributed by atoms with E-state index < -0.39 is 12.6 Å². The molecule has 0 saturated carbocycles. The average molecular weight is 268 g/mol. The summed E-state index contributed by atoms with van der Waals surface area (Å²) in [5, 5.41) is 2.92. The van der Waals surface area contributed by atoms with Crippen molar-refractivity contribution in [2.75, 3.05) is 5.32 Å². The molecule has 1 N–H and O–H groups in total. The fourth-order valence-corrected chi connectivity index (χ4v) is 1.49. The molecule has 2 rings (SSSR count). The maximum absolute atomic E-state index is 12.8. The number of alkyl halides is 2. The molecule has 6 heteroatoms. The Morgan fingerprint density at radius 2 is 1.84 bits per heavy atom. The Labute approximate surface area is 108 Å². The fourth-order valence-electron chi connectivity index (χ4n) is 1.49. The van der Waals surface area contributed by atoms with Crippen LogP contribution in [0.2, 0.25) is 0 Å². The lowest BCUT2D eigenvalue weighted by Gasteiger charge is -2.07. The minimum atomic E-state index is -2.83. The summed E-state index contributed by atoms with van der Waals surface area (Å²) in [6, 6.07) is 10.6. The second-order valence-corrected chi connectivity index (χ2v) is 3.72. The second kappa shape index (κ2) is 6.08. The first kappa shape index (κ1) is 13.2. The normalized spacial score (nSPS) is 10.5. The van der Waals surface area contributed by atoms with Crippen molar-refractivity contribution in [2.45, 2.75) is 13.2 Å². The molecular formula is C13H11F3N2O. The number of hydrogen-bond acceptors (Lipinski definition) is 3. The van der Waals surface area contributed by atoms with Gasteiger partial charge >= 0.3 is 6.61 Å². The Morgan fingerprint density at radius 3 is 2.47 bits per heavy atom. The van der Waals surface area contributed by atoms with Crippen molar-refractivity contribution in [3.8, 4) is 5.75 Å². The number of pyridine rings is 1. The minimum absolute atomic E-state index is 0.0997. The molecule has 0 aliphatic rings. The molecular weight excluding hydrogens is 257 g/mol. The predicted octanol–water partition coefficient (Wildman–Crippen LogP) is 3.43. The molecule has 100 valence electrons. The number of anilines is 1. The predicted molar refractivity (Wildman–Crippen MR) is 64.6 cm³/mol. The lowest BCUT2D eigenvalue weighted by molar-refractivity contribution is -0.0498. The molecule has 0 aliphatic carbocycles. The van der Waals surface area contributed by atoms with Crippen molar-refractivity contribution in [3.05, 3.63) is 54.0 Å². The van der Waals surface area contributed by atoms with Crippen LogP contribution < -0.4 is 10.1 Å². The van der Waals surface area contributed by atoms with Crippen molar-refractivity contribution < 1.29 is 17.9 Å². The fraction of sp³-hybridized carbons (Fsp3) is 0.154. The van der Waals surface area contributed by atoms with Gasteiger partial charge in [-0.25, -0.2) is 4.98 Å². The summed E-state index contributed by atoms with van der Waals surface area (Å²) in [5.41, 5.74) is 0.840. The van der Waals surface area contributed by atoms with Crippen molar-refractivity contribution in [1.29, 1.82) is 0 Å². The molecule has 0 spiro atoms. The smallest absolute Gasteiger partial charge is 0.387 e. The van der Waals surface area contributed by atoms with E-state index in [-0.39, 0.29) is 5.75 Å². The van der Waals surface area contributed by atoms with Gasteiger partial charge in [-0.15, -0.1) is 0 Å². The van der Waals surface area contributed by atoms with Crippen LogP contribution >= 0.6 is 0 Å². The Balaban J connectivity index is 1.93. The molecule has 0 bridgehead atoms. The molecule has 0 radical (unpaired) electrons. The van der Waals surface area contributed by atoms with Gasteiger partial charge in [0.25, 0.3) is 0 Å². The van der Waals surface area contributed by atoms with Crippen LogP contribution in [0.3, 0.4) is 0 Å². The zero-order chi connectivity index (χ0) is 13.7. The first-order valence-electron chi connectivity index (χ1n) is 5.53. The van der Waals surface area contributed by atoms with Crippen LogP contribution in [0.15, 0.2) is 42.5 Å². The van der Waals surface area contributed by atoms with Gasteiger partial charge in [-0.1, -0.05) is 18.2 Å². The molecule has 3 nitrogen and oxygen atoms in total. The van der Waals surface area contributed by atoms with Crippen molar-refractivity contribution in [1.82, 2.24) is 4.98 Å². The first-order chi connectivity index (χ1) is 9.13. The van der Waals surface area contributed by atoms with Gasteiger partial charge < -0.3 is 10.1 Å². The summed E-state index contributed by atoms with van der Waals surface area (Å²) < 4.78 is 41.0. The van der Waals surface area contributed by atoms with E-state index in [4.69, 9.17) is 0 Å². The Kier molecular flexibility index (Phi) is 4.22. The van der Waals surface area contributed by atoms with Crippen LogP contribution in [0, 0.1) is 5.95 Å². The van der Waals surface area contributed by atoms with Crippen molar-refractivity contribution >= 4 is 5.82 Å². The van der Waals surface area contributed by atoms with E-state index in [1.165, 1.54) is 18.2 Å². The van der Waals surface area contributed by atoms with Gasteiger partial charge in [0.2, 0.25) is 5.95 Å². The molecule has 1 aromatic carbocycles. The van der Waals surface area contributed by atoms with Gasteiger partial charge in [0.05, 0.1) is 0 Å². The molecule has 19 heavy (non-hydrogen) atoms. The van der Waals surface area contributed by atoms with E-state index in [0.29, 0.717) is 12.4 Å². The van der Waals surface area contributed by atoms with Crippen LogP contribution in [-0.2, 0) is 6.54 Å². The standard InChI is InChI=1S/C13H11F3N2O/c14-11-2-1-3-12(18-11)17-8-9-4-6-10(7-5-9)19-13(15)16/h1-7,13H,8H2,(H,17,18). The van der Waals surface area contributed by atoms with Gasteiger partial charge in [-0.2, -0.15) is 13.2 Å². The largest absolute Gasteiger partial charge is 0.435 e. The molecule has 1 aromatic heterocycles. The van der Waals surface area contributed by atoms with E-state index in [0.717, 1.165) is 5.56 Å². The van der Waals surface area contributed by atoms with E-state index in [2.05, 4.69) is 15.0 Å². The first-order valence-corrected chi connectivity index (χ1v) is 5.53. The van der Waals surface area contributed by atoms with E-state index in [1.807, 2.05) is 0 Å². The molecule has 0 unspecified atom stereocenters. The Bertz CT molecular complexity index is 532. The summed E-state index contributed by atoms with van der Waals surface area (Å²) in [6.45, 7) is -2.42. The van der Waals surface area contributed by atoms with Gasteiger partial charge in [-0.05, 0) is 29.8 Å².